The van der Waals surface area contributed by atoms with E-state index in [4.69, 9.17) is 5.11 Å². The Labute approximate surface area is 105 Å². The average molecular weight is 255 g/mol. The predicted octanol–water partition coefficient (Wildman–Crippen LogP) is 0.824. The first-order valence-electron chi connectivity index (χ1n) is 5.73. The van der Waals surface area contributed by atoms with Crippen molar-refractivity contribution in [1.29, 1.82) is 0 Å². The van der Waals surface area contributed by atoms with E-state index in [0.717, 1.165) is 0 Å². The second-order valence-electron chi connectivity index (χ2n) is 3.98. The SMILES string of the molecule is CCC(CCO)NC(=O)c1ccc([N+](=O)[O-])n1C. The summed E-state index contributed by atoms with van der Waals surface area (Å²) in [6.45, 7) is 1.89. The number of nitro groups is 1. The highest BCUT2D eigenvalue weighted by atomic mass is 16.6. The van der Waals surface area contributed by atoms with Crippen LogP contribution in [0.3, 0.4) is 0 Å². The van der Waals surface area contributed by atoms with E-state index in [1.54, 1.807) is 0 Å². The standard InChI is InChI=1S/C11H17N3O4/c1-3-8(6-7-15)12-11(16)9-4-5-10(13(9)2)14(17)18/h4-5,8,15H,3,6-7H2,1-2H3,(H,12,16). The van der Waals surface area contributed by atoms with Gasteiger partial charge in [0.15, 0.2) is 5.69 Å². The quantitative estimate of drug-likeness (QED) is 0.581. The highest BCUT2D eigenvalue weighted by Crippen LogP contribution is 2.15. The van der Waals surface area contributed by atoms with Crippen LogP contribution in [-0.2, 0) is 7.05 Å². The maximum Gasteiger partial charge on any atom is 0.323 e. The van der Waals surface area contributed by atoms with Crippen molar-refractivity contribution in [3.05, 3.63) is 27.9 Å². The van der Waals surface area contributed by atoms with Gasteiger partial charge in [0, 0.05) is 18.7 Å². The van der Waals surface area contributed by atoms with Crippen LogP contribution in [0.4, 0.5) is 5.82 Å². The smallest absolute Gasteiger partial charge is 0.323 e. The largest absolute Gasteiger partial charge is 0.396 e. The van der Waals surface area contributed by atoms with Crippen molar-refractivity contribution in [2.24, 2.45) is 7.05 Å². The van der Waals surface area contributed by atoms with Crippen molar-refractivity contribution in [2.45, 2.75) is 25.8 Å². The molecule has 1 rings (SSSR count). The first-order chi connectivity index (χ1) is 8.51. The van der Waals surface area contributed by atoms with E-state index < -0.39 is 4.92 Å². The lowest BCUT2D eigenvalue weighted by molar-refractivity contribution is -0.391. The normalized spacial score (nSPS) is 12.2. The summed E-state index contributed by atoms with van der Waals surface area (Å²) >= 11 is 0. The molecular weight excluding hydrogens is 238 g/mol. The Morgan fingerprint density at radius 3 is 2.72 bits per heavy atom. The Kier molecular flexibility index (Phi) is 4.85. The van der Waals surface area contributed by atoms with Crippen molar-refractivity contribution >= 4 is 11.7 Å². The van der Waals surface area contributed by atoms with Gasteiger partial charge in [-0.3, -0.25) is 4.79 Å². The van der Waals surface area contributed by atoms with E-state index in [1.165, 1.54) is 23.7 Å². The molecule has 1 amide bonds. The van der Waals surface area contributed by atoms with Gasteiger partial charge in [-0.15, -0.1) is 0 Å². The third kappa shape index (κ3) is 3.07. The molecule has 0 saturated carbocycles. The molecule has 0 aromatic carbocycles. The highest BCUT2D eigenvalue weighted by Gasteiger charge is 2.21. The summed E-state index contributed by atoms with van der Waals surface area (Å²) in [5.41, 5.74) is 0.234. The minimum atomic E-state index is -0.540. The number of aliphatic hydroxyl groups is 1. The highest BCUT2D eigenvalue weighted by molar-refractivity contribution is 5.93. The molecule has 1 heterocycles. The Morgan fingerprint density at radius 1 is 1.61 bits per heavy atom. The van der Waals surface area contributed by atoms with E-state index in [1.807, 2.05) is 6.92 Å². The number of hydrogen-bond donors (Lipinski definition) is 2. The van der Waals surface area contributed by atoms with Crippen LogP contribution in [0.1, 0.15) is 30.3 Å². The molecule has 7 nitrogen and oxygen atoms in total. The second-order valence-corrected chi connectivity index (χ2v) is 3.98. The molecule has 1 aromatic heterocycles. The molecule has 0 saturated heterocycles. The Bertz CT molecular complexity index is 441. The zero-order chi connectivity index (χ0) is 13.7. The van der Waals surface area contributed by atoms with E-state index in [-0.39, 0.29) is 30.1 Å². The van der Waals surface area contributed by atoms with E-state index in [0.29, 0.717) is 12.8 Å². The summed E-state index contributed by atoms with van der Waals surface area (Å²) in [6.07, 6.45) is 1.16. The molecule has 18 heavy (non-hydrogen) atoms. The first-order valence-corrected chi connectivity index (χ1v) is 5.73. The van der Waals surface area contributed by atoms with Gasteiger partial charge in [-0.1, -0.05) is 6.92 Å². The molecule has 0 spiro atoms. The number of aliphatic hydroxyl groups excluding tert-OH is 1. The van der Waals surface area contributed by atoms with Crippen molar-refractivity contribution in [1.82, 2.24) is 9.88 Å². The summed E-state index contributed by atoms with van der Waals surface area (Å²) in [5, 5.41) is 22.2. The molecule has 2 N–H and O–H groups in total. The van der Waals surface area contributed by atoms with Crippen LogP contribution in [-0.4, -0.2) is 33.2 Å². The number of amides is 1. The van der Waals surface area contributed by atoms with Crippen LogP contribution < -0.4 is 5.32 Å². The summed E-state index contributed by atoms with van der Waals surface area (Å²) in [7, 11) is 1.47. The van der Waals surface area contributed by atoms with E-state index in [9.17, 15) is 14.9 Å². The summed E-state index contributed by atoms with van der Waals surface area (Å²) < 4.78 is 1.24. The predicted molar refractivity (Wildman–Crippen MR) is 65.3 cm³/mol. The van der Waals surface area contributed by atoms with Crippen LogP contribution in [0.15, 0.2) is 12.1 Å². The molecule has 1 unspecified atom stereocenters. The molecule has 1 atom stereocenters. The number of hydrogen-bond acceptors (Lipinski definition) is 4. The van der Waals surface area contributed by atoms with Gasteiger partial charge in [-0.05, 0) is 23.8 Å². The van der Waals surface area contributed by atoms with Gasteiger partial charge in [0.25, 0.3) is 5.91 Å². The third-order valence-electron chi connectivity index (χ3n) is 2.82. The lowest BCUT2D eigenvalue weighted by Gasteiger charge is -2.14. The third-order valence-corrected chi connectivity index (χ3v) is 2.82. The monoisotopic (exact) mass is 255 g/mol. The average Bonchev–Trinajstić information content (AvgIpc) is 2.70. The van der Waals surface area contributed by atoms with E-state index >= 15 is 0 Å². The molecule has 0 aliphatic heterocycles. The molecule has 0 aliphatic carbocycles. The Morgan fingerprint density at radius 2 is 2.28 bits per heavy atom. The molecule has 7 heteroatoms. The molecule has 0 fully saturated rings. The van der Waals surface area contributed by atoms with E-state index in [2.05, 4.69) is 5.32 Å². The van der Waals surface area contributed by atoms with Crippen LogP contribution in [0, 0.1) is 10.1 Å². The number of nitrogens with one attached hydrogen (secondary N) is 1. The number of rotatable bonds is 6. The van der Waals surface area contributed by atoms with Gasteiger partial charge < -0.3 is 20.5 Å². The molecule has 0 radical (unpaired) electrons. The first kappa shape index (κ1) is 14.2. The van der Waals surface area contributed by atoms with Crippen LogP contribution in [0.25, 0.3) is 0 Å². The maximum absolute atomic E-state index is 11.9. The molecular formula is C11H17N3O4. The van der Waals surface area contributed by atoms with Gasteiger partial charge in [0.2, 0.25) is 0 Å². The molecule has 1 aromatic rings. The van der Waals surface area contributed by atoms with Gasteiger partial charge in [-0.2, -0.15) is 0 Å². The Hall–Kier alpha value is -1.89. The van der Waals surface area contributed by atoms with Crippen LogP contribution >= 0.6 is 0 Å². The van der Waals surface area contributed by atoms with Gasteiger partial charge in [0.1, 0.15) is 0 Å². The van der Waals surface area contributed by atoms with Gasteiger partial charge >= 0.3 is 5.82 Å². The number of carbonyl (C=O) groups is 1. The minimum absolute atomic E-state index is 0.00787. The summed E-state index contributed by atoms with van der Waals surface area (Å²) in [5.74, 6) is -0.499. The zero-order valence-corrected chi connectivity index (χ0v) is 10.4. The fraction of sp³-hybridized carbons (Fsp3) is 0.545. The van der Waals surface area contributed by atoms with Crippen LogP contribution in [0.5, 0.6) is 0 Å². The van der Waals surface area contributed by atoms with Gasteiger partial charge in [-0.25, -0.2) is 4.57 Å². The fourth-order valence-electron chi connectivity index (χ4n) is 1.71. The molecule has 0 bridgehead atoms. The van der Waals surface area contributed by atoms with Crippen molar-refractivity contribution in [3.8, 4) is 0 Å². The lowest BCUT2D eigenvalue weighted by atomic mass is 10.1. The minimum Gasteiger partial charge on any atom is -0.396 e. The maximum atomic E-state index is 11.9. The number of aromatic nitrogens is 1. The van der Waals surface area contributed by atoms with Gasteiger partial charge in [0.05, 0.1) is 7.05 Å². The molecule has 0 aliphatic rings. The topological polar surface area (TPSA) is 97.4 Å². The second kappa shape index (κ2) is 6.15. The fourth-order valence-corrected chi connectivity index (χ4v) is 1.71. The zero-order valence-electron chi connectivity index (χ0n) is 10.4. The lowest BCUT2D eigenvalue weighted by Crippen LogP contribution is -2.36. The molecule has 100 valence electrons. The summed E-state index contributed by atoms with van der Waals surface area (Å²) in [6, 6.07) is 2.58. The Balaban J connectivity index is 2.81. The van der Waals surface area contributed by atoms with Crippen molar-refractivity contribution in [2.75, 3.05) is 6.61 Å². The van der Waals surface area contributed by atoms with Crippen molar-refractivity contribution < 1.29 is 14.8 Å². The van der Waals surface area contributed by atoms with Crippen LogP contribution in [0.2, 0.25) is 0 Å². The number of carbonyl (C=O) groups excluding carboxylic acids is 1. The summed E-state index contributed by atoms with van der Waals surface area (Å²) in [4.78, 5) is 22.0. The number of nitrogens with zero attached hydrogens (tertiary/aromatic N) is 2. The van der Waals surface area contributed by atoms with Crippen molar-refractivity contribution in [3.63, 3.8) is 0 Å².